The minimum absolute atomic E-state index is 0.386. The molecule has 1 fully saturated rings. The van der Waals surface area contributed by atoms with E-state index in [0.717, 1.165) is 12.5 Å². The smallest absolute Gasteiger partial charge is 0.0560 e. The molecule has 0 spiro atoms. The highest BCUT2D eigenvalue weighted by molar-refractivity contribution is 7.99. The summed E-state index contributed by atoms with van der Waals surface area (Å²) in [6.45, 7) is 5.15. The molecule has 156 valence electrons. The first-order chi connectivity index (χ1) is 12.8. The van der Waals surface area contributed by atoms with Crippen LogP contribution in [0.25, 0.3) is 0 Å². The minimum Gasteiger partial charge on any atom is -0.378 e. The molecule has 0 atom stereocenters. The van der Waals surface area contributed by atoms with Gasteiger partial charge in [-0.15, -0.1) is 0 Å². The monoisotopic (exact) mass is 384 g/mol. The average molecular weight is 385 g/mol. The van der Waals surface area contributed by atoms with Gasteiger partial charge < -0.3 is 4.74 Å². The summed E-state index contributed by atoms with van der Waals surface area (Å²) in [6, 6.07) is 0. The predicted molar refractivity (Wildman–Crippen MR) is 120 cm³/mol. The molecule has 0 aliphatic heterocycles. The van der Waals surface area contributed by atoms with Crippen molar-refractivity contribution in [3.8, 4) is 0 Å². The second-order valence-electron chi connectivity index (χ2n) is 8.71. The maximum atomic E-state index is 5.56. The molecule has 0 saturated heterocycles. The topological polar surface area (TPSA) is 9.23 Å². The zero-order valence-electron chi connectivity index (χ0n) is 18.1. The molecule has 0 amide bonds. The summed E-state index contributed by atoms with van der Waals surface area (Å²) in [6.07, 6.45) is 25.6. The van der Waals surface area contributed by atoms with Gasteiger partial charge in [0.05, 0.1) is 12.7 Å². The van der Waals surface area contributed by atoms with Gasteiger partial charge in [-0.3, -0.25) is 0 Å². The van der Waals surface area contributed by atoms with E-state index in [2.05, 4.69) is 25.6 Å². The molecule has 1 saturated carbocycles. The SMILES string of the molecule is CC(C)OCCSCCCCCCCCCCCCCCC1CCCC1. The summed E-state index contributed by atoms with van der Waals surface area (Å²) in [7, 11) is 0. The molecule has 0 bridgehead atoms. The molecule has 0 aromatic rings. The van der Waals surface area contributed by atoms with Gasteiger partial charge in [-0.25, -0.2) is 0 Å². The number of rotatable bonds is 19. The zero-order valence-corrected chi connectivity index (χ0v) is 18.9. The first kappa shape index (κ1) is 24.3. The summed E-state index contributed by atoms with van der Waals surface area (Å²) in [5.41, 5.74) is 0. The molecule has 0 radical (unpaired) electrons. The fourth-order valence-electron chi connectivity index (χ4n) is 4.15. The van der Waals surface area contributed by atoms with Crippen LogP contribution in [-0.4, -0.2) is 24.2 Å². The van der Waals surface area contributed by atoms with Crippen LogP contribution in [0.4, 0.5) is 0 Å². The van der Waals surface area contributed by atoms with Crippen LogP contribution in [0.15, 0.2) is 0 Å². The van der Waals surface area contributed by atoms with Gasteiger partial charge in [0.15, 0.2) is 0 Å². The van der Waals surface area contributed by atoms with Crippen LogP contribution >= 0.6 is 11.8 Å². The van der Waals surface area contributed by atoms with Crippen molar-refractivity contribution in [2.45, 2.75) is 129 Å². The van der Waals surface area contributed by atoms with Crippen molar-refractivity contribution in [1.82, 2.24) is 0 Å². The lowest BCUT2D eigenvalue weighted by Crippen LogP contribution is -2.05. The van der Waals surface area contributed by atoms with Gasteiger partial charge in [0.2, 0.25) is 0 Å². The number of hydrogen-bond acceptors (Lipinski definition) is 2. The number of thioether (sulfide) groups is 1. The van der Waals surface area contributed by atoms with Crippen molar-refractivity contribution < 1.29 is 4.74 Å². The van der Waals surface area contributed by atoms with Crippen molar-refractivity contribution in [3.63, 3.8) is 0 Å². The first-order valence-corrected chi connectivity index (χ1v) is 13.1. The Labute approximate surface area is 169 Å². The standard InChI is InChI=1S/C24H48OS/c1-23(2)25-20-22-26-21-16-12-10-8-6-4-3-5-7-9-11-13-17-24-18-14-15-19-24/h23-24H,3-22H2,1-2H3. The fraction of sp³-hybridized carbons (Fsp3) is 1.00. The van der Waals surface area contributed by atoms with Crippen molar-refractivity contribution in [3.05, 3.63) is 0 Å². The van der Waals surface area contributed by atoms with Gasteiger partial charge in [0.1, 0.15) is 0 Å². The Morgan fingerprint density at radius 2 is 1.19 bits per heavy atom. The first-order valence-electron chi connectivity index (χ1n) is 12.0. The largest absolute Gasteiger partial charge is 0.378 e. The van der Waals surface area contributed by atoms with E-state index in [1.807, 2.05) is 0 Å². The molecular formula is C24H48OS. The van der Waals surface area contributed by atoms with Crippen LogP contribution in [0.1, 0.15) is 123 Å². The summed E-state index contributed by atoms with van der Waals surface area (Å²) in [5, 5.41) is 0. The Balaban J connectivity index is 1.63. The van der Waals surface area contributed by atoms with E-state index in [9.17, 15) is 0 Å². The third-order valence-electron chi connectivity index (χ3n) is 5.80. The van der Waals surface area contributed by atoms with E-state index in [0.29, 0.717) is 6.10 Å². The van der Waals surface area contributed by atoms with Crippen LogP contribution in [0.3, 0.4) is 0 Å². The van der Waals surface area contributed by atoms with Crippen molar-refractivity contribution in [2.24, 2.45) is 5.92 Å². The third-order valence-corrected chi connectivity index (χ3v) is 6.84. The second kappa shape index (κ2) is 18.7. The maximum Gasteiger partial charge on any atom is 0.0560 e. The highest BCUT2D eigenvalue weighted by Crippen LogP contribution is 2.29. The molecule has 0 unspecified atom stereocenters. The Hall–Kier alpha value is 0.310. The molecule has 0 N–H and O–H groups in total. The summed E-state index contributed by atoms with van der Waals surface area (Å²) in [5.74, 6) is 3.59. The van der Waals surface area contributed by atoms with Crippen molar-refractivity contribution >= 4 is 11.8 Å². The van der Waals surface area contributed by atoms with E-state index >= 15 is 0 Å². The number of unbranched alkanes of at least 4 members (excludes halogenated alkanes) is 11. The van der Waals surface area contributed by atoms with Crippen LogP contribution in [0, 0.1) is 5.92 Å². The van der Waals surface area contributed by atoms with E-state index in [1.54, 1.807) is 0 Å². The normalized spacial score (nSPS) is 15.3. The lowest BCUT2D eigenvalue weighted by molar-refractivity contribution is 0.0920. The summed E-state index contributed by atoms with van der Waals surface area (Å²) in [4.78, 5) is 0. The lowest BCUT2D eigenvalue weighted by atomic mass is 9.99. The Bertz CT molecular complexity index is 273. The molecule has 0 aromatic carbocycles. The fourth-order valence-corrected chi connectivity index (χ4v) is 4.98. The molecule has 1 aliphatic rings. The predicted octanol–water partition coefficient (Wildman–Crippen LogP) is 8.41. The molecule has 2 heteroatoms. The van der Waals surface area contributed by atoms with Crippen molar-refractivity contribution in [1.29, 1.82) is 0 Å². The molecule has 1 nitrogen and oxygen atoms in total. The molecule has 0 heterocycles. The zero-order chi connectivity index (χ0) is 18.7. The van der Waals surface area contributed by atoms with Crippen LogP contribution < -0.4 is 0 Å². The van der Waals surface area contributed by atoms with E-state index in [-0.39, 0.29) is 0 Å². The van der Waals surface area contributed by atoms with Gasteiger partial charge >= 0.3 is 0 Å². The van der Waals surface area contributed by atoms with Gasteiger partial charge in [-0.05, 0) is 31.9 Å². The van der Waals surface area contributed by atoms with Gasteiger partial charge in [-0.1, -0.05) is 103 Å². The van der Waals surface area contributed by atoms with Crippen LogP contribution in [-0.2, 0) is 4.74 Å². The highest BCUT2D eigenvalue weighted by Gasteiger charge is 2.13. The number of hydrogen-bond donors (Lipinski definition) is 0. The molecule has 1 aliphatic carbocycles. The molecular weight excluding hydrogens is 336 g/mol. The molecule has 0 aromatic heterocycles. The number of ether oxygens (including phenoxy) is 1. The van der Waals surface area contributed by atoms with Gasteiger partial charge in [0.25, 0.3) is 0 Å². The highest BCUT2D eigenvalue weighted by atomic mass is 32.2. The minimum atomic E-state index is 0.386. The Morgan fingerprint density at radius 1 is 0.692 bits per heavy atom. The van der Waals surface area contributed by atoms with Crippen LogP contribution in [0.5, 0.6) is 0 Å². The summed E-state index contributed by atoms with van der Waals surface area (Å²) < 4.78 is 5.56. The summed E-state index contributed by atoms with van der Waals surface area (Å²) >= 11 is 2.06. The van der Waals surface area contributed by atoms with Gasteiger partial charge in [-0.2, -0.15) is 11.8 Å². The average Bonchev–Trinajstić information content (AvgIpc) is 3.14. The maximum absolute atomic E-state index is 5.56. The van der Waals surface area contributed by atoms with E-state index < -0.39 is 0 Å². The van der Waals surface area contributed by atoms with E-state index in [1.165, 1.54) is 121 Å². The van der Waals surface area contributed by atoms with Crippen molar-refractivity contribution in [2.75, 3.05) is 18.1 Å². The second-order valence-corrected chi connectivity index (χ2v) is 9.94. The molecule has 1 rings (SSSR count). The van der Waals surface area contributed by atoms with Crippen LogP contribution in [0.2, 0.25) is 0 Å². The van der Waals surface area contributed by atoms with Gasteiger partial charge in [0, 0.05) is 5.75 Å². The lowest BCUT2D eigenvalue weighted by Gasteiger charge is -2.08. The Morgan fingerprint density at radius 3 is 1.73 bits per heavy atom. The quantitative estimate of drug-likeness (QED) is 0.207. The third kappa shape index (κ3) is 16.5. The van der Waals surface area contributed by atoms with E-state index in [4.69, 9.17) is 4.74 Å². The Kier molecular flexibility index (Phi) is 17.5. The molecule has 26 heavy (non-hydrogen) atoms.